The molecular weight excluding hydrogens is 272 g/mol. The lowest BCUT2D eigenvalue weighted by Crippen LogP contribution is -2.58. The predicted octanol–water partition coefficient (Wildman–Crippen LogP) is 1.30. The topological polar surface area (TPSA) is 63.4 Å². The third kappa shape index (κ3) is 2.08. The molecule has 1 saturated carbocycles. The molecule has 2 N–H and O–H groups in total. The molecule has 1 fully saturated rings. The van der Waals surface area contributed by atoms with Gasteiger partial charge in [0.15, 0.2) is 9.84 Å². The van der Waals surface area contributed by atoms with Gasteiger partial charge in [-0.2, -0.15) is 0 Å². The van der Waals surface area contributed by atoms with E-state index in [0.717, 1.165) is 32.4 Å². The molecule has 0 radical (unpaired) electrons. The molecule has 1 aliphatic carbocycles. The van der Waals surface area contributed by atoms with Gasteiger partial charge < -0.3 is 5.73 Å². The van der Waals surface area contributed by atoms with E-state index in [0.29, 0.717) is 6.54 Å². The predicted molar refractivity (Wildman–Crippen MR) is 80.0 cm³/mol. The van der Waals surface area contributed by atoms with Gasteiger partial charge >= 0.3 is 0 Å². The van der Waals surface area contributed by atoms with Crippen LogP contribution in [-0.2, 0) is 22.9 Å². The van der Waals surface area contributed by atoms with E-state index in [1.165, 1.54) is 17.4 Å². The van der Waals surface area contributed by atoms with Crippen LogP contribution >= 0.6 is 0 Å². The van der Waals surface area contributed by atoms with Crippen LogP contribution in [-0.4, -0.2) is 36.9 Å². The van der Waals surface area contributed by atoms with Crippen LogP contribution in [0.15, 0.2) is 24.3 Å². The van der Waals surface area contributed by atoms with Gasteiger partial charge in [0.2, 0.25) is 0 Å². The third-order valence-corrected chi connectivity index (χ3v) is 6.72. The minimum absolute atomic E-state index is 0.325. The Labute approximate surface area is 120 Å². The van der Waals surface area contributed by atoms with E-state index in [-0.39, 0.29) is 10.8 Å². The highest BCUT2D eigenvalue weighted by Crippen LogP contribution is 2.42. The SMILES string of the molecule is CS(=O)(=O)C1CCCC1(CN)N1Cc2ccccc2C1. The first-order chi connectivity index (χ1) is 9.47. The zero-order valence-electron chi connectivity index (χ0n) is 11.9. The minimum Gasteiger partial charge on any atom is -0.329 e. The molecule has 4 nitrogen and oxygen atoms in total. The average Bonchev–Trinajstić information content (AvgIpc) is 3.02. The lowest BCUT2D eigenvalue weighted by molar-refractivity contribution is 0.0992. The van der Waals surface area contributed by atoms with Crippen molar-refractivity contribution in [2.24, 2.45) is 5.73 Å². The third-order valence-electron chi connectivity index (χ3n) is 5.02. The fourth-order valence-electron chi connectivity index (χ4n) is 4.01. The van der Waals surface area contributed by atoms with Gasteiger partial charge in [-0.3, -0.25) is 4.90 Å². The number of nitrogens with zero attached hydrogens (tertiary/aromatic N) is 1. The second-order valence-electron chi connectivity index (χ2n) is 6.14. The van der Waals surface area contributed by atoms with Crippen molar-refractivity contribution in [3.63, 3.8) is 0 Å². The van der Waals surface area contributed by atoms with Gasteiger partial charge in [-0.1, -0.05) is 30.7 Å². The highest BCUT2D eigenvalue weighted by Gasteiger charge is 2.51. The molecule has 0 saturated heterocycles. The van der Waals surface area contributed by atoms with Crippen LogP contribution in [0.1, 0.15) is 30.4 Å². The molecule has 1 aromatic rings. The van der Waals surface area contributed by atoms with E-state index < -0.39 is 9.84 Å². The van der Waals surface area contributed by atoms with E-state index in [1.54, 1.807) is 0 Å². The van der Waals surface area contributed by atoms with E-state index in [1.807, 2.05) is 12.1 Å². The van der Waals surface area contributed by atoms with Crippen molar-refractivity contribution in [1.29, 1.82) is 0 Å². The maximum absolute atomic E-state index is 12.2. The second kappa shape index (κ2) is 4.83. The van der Waals surface area contributed by atoms with E-state index in [9.17, 15) is 8.42 Å². The second-order valence-corrected chi connectivity index (χ2v) is 8.37. The summed E-state index contributed by atoms with van der Waals surface area (Å²) in [4.78, 5) is 2.30. The average molecular weight is 294 g/mol. The van der Waals surface area contributed by atoms with Crippen LogP contribution in [0.4, 0.5) is 0 Å². The molecule has 2 unspecified atom stereocenters. The Balaban J connectivity index is 1.95. The smallest absolute Gasteiger partial charge is 0.152 e. The van der Waals surface area contributed by atoms with Gasteiger partial charge in [-0.25, -0.2) is 8.42 Å². The molecule has 0 spiro atoms. The Hall–Kier alpha value is -0.910. The number of fused-ring (bicyclic) bond motifs is 1. The van der Waals surface area contributed by atoms with Crippen molar-refractivity contribution >= 4 is 9.84 Å². The molecule has 1 heterocycles. The molecule has 20 heavy (non-hydrogen) atoms. The summed E-state index contributed by atoms with van der Waals surface area (Å²) < 4.78 is 24.3. The number of rotatable bonds is 3. The Bertz CT molecular complexity index is 589. The Morgan fingerprint density at radius 3 is 2.40 bits per heavy atom. The number of sulfone groups is 1. The fourth-order valence-corrected chi connectivity index (χ4v) is 5.76. The maximum Gasteiger partial charge on any atom is 0.152 e. The molecule has 1 aliphatic heterocycles. The lowest BCUT2D eigenvalue weighted by Gasteiger charge is -2.42. The molecule has 0 bridgehead atoms. The van der Waals surface area contributed by atoms with Gasteiger partial charge in [0.25, 0.3) is 0 Å². The Kier molecular flexibility index (Phi) is 3.39. The Morgan fingerprint density at radius 2 is 1.90 bits per heavy atom. The highest BCUT2D eigenvalue weighted by molar-refractivity contribution is 7.91. The molecule has 110 valence electrons. The van der Waals surface area contributed by atoms with Crippen LogP contribution in [0.5, 0.6) is 0 Å². The summed E-state index contributed by atoms with van der Waals surface area (Å²) in [7, 11) is -3.07. The normalized spacial score (nSPS) is 30.6. The maximum atomic E-state index is 12.2. The fraction of sp³-hybridized carbons (Fsp3) is 0.600. The van der Waals surface area contributed by atoms with E-state index in [2.05, 4.69) is 17.0 Å². The summed E-state index contributed by atoms with van der Waals surface area (Å²) in [6, 6.07) is 8.34. The summed E-state index contributed by atoms with van der Waals surface area (Å²) in [6.45, 7) is 2.05. The van der Waals surface area contributed by atoms with Crippen molar-refractivity contribution in [1.82, 2.24) is 4.90 Å². The molecule has 2 aliphatic rings. The van der Waals surface area contributed by atoms with Gasteiger partial charge in [-0.15, -0.1) is 0 Å². The molecule has 1 aromatic carbocycles. The van der Waals surface area contributed by atoms with Crippen molar-refractivity contribution < 1.29 is 8.42 Å². The van der Waals surface area contributed by atoms with Crippen molar-refractivity contribution in [3.8, 4) is 0 Å². The van der Waals surface area contributed by atoms with Crippen molar-refractivity contribution in [3.05, 3.63) is 35.4 Å². The highest BCUT2D eigenvalue weighted by atomic mass is 32.2. The summed E-state index contributed by atoms with van der Waals surface area (Å²) in [5.41, 5.74) is 8.29. The van der Waals surface area contributed by atoms with Gasteiger partial charge in [0, 0.05) is 25.9 Å². The molecule has 0 aromatic heterocycles. The molecular formula is C15H22N2O2S. The molecule has 2 atom stereocenters. The quantitative estimate of drug-likeness (QED) is 0.912. The van der Waals surface area contributed by atoms with Crippen molar-refractivity contribution in [2.75, 3.05) is 12.8 Å². The minimum atomic E-state index is -3.07. The van der Waals surface area contributed by atoms with Gasteiger partial charge in [0.05, 0.1) is 10.8 Å². The summed E-state index contributed by atoms with van der Waals surface area (Å²) in [6.07, 6.45) is 3.93. The van der Waals surface area contributed by atoms with Crippen LogP contribution in [0, 0.1) is 0 Å². The van der Waals surface area contributed by atoms with E-state index in [4.69, 9.17) is 5.73 Å². The number of hydrogen-bond donors (Lipinski definition) is 1. The van der Waals surface area contributed by atoms with Crippen LogP contribution in [0.25, 0.3) is 0 Å². The molecule has 0 amide bonds. The number of nitrogens with two attached hydrogens (primary N) is 1. The van der Waals surface area contributed by atoms with Crippen molar-refractivity contribution in [2.45, 2.75) is 43.1 Å². The molecule has 5 heteroatoms. The van der Waals surface area contributed by atoms with Gasteiger partial charge in [-0.05, 0) is 24.0 Å². The summed E-state index contributed by atoms with van der Waals surface area (Å²) >= 11 is 0. The summed E-state index contributed by atoms with van der Waals surface area (Å²) in [5.74, 6) is 0. The number of hydrogen-bond acceptors (Lipinski definition) is 4. The van der Waals surface area contributed by atoms with Crippen LogP contribution < -0.4 is 5.73 Å². The standard InChI is InChI=1S/C15H22N2O2S/c1-20(18,19)14-7-4-8-15(14,11-16)17-9-12-5-2-3-6-13(12)10-17/h2-3,5-6,14H,4,7-11,16H2,1H3. The first-order valence-electron chi connectivity index (χ1n) is 7.18. The zero-order chi connectivity index (χ0) is 14.4. The molecule has 3 rings (SSSR count). The largest absolute Gasteiger partial charge is 0.329 e. The lowest BCUT2D eigenvalue weighted by atomic mass is 9.95. The first-order valence-corrected chi connectivity index (χ1v) is 9.13. The summed E-state index contributed by atoms with van der Waals surface area (Å²) in [5, 5.41) is -0.325. The van der Waals surface area contributed by atoms with Crippen LogP contribution in [0.2, 0.25) is 0 Å². The Morgan fingerprint density at radius 1 is 1.30 bits per heavy atom. The number of benzene rings is 1. The van der Waals surface area contributed by atoms with Crippen LogP contribution in [0.3, 0.4) is 0 Å². The zero-order valence-corrected chi connectivity index (χ0v) is 12.7. The van der Waals surface area contributed by atoms with Gasteiger partial charge in [0.1, 0.15) is 0 Å². The van der Waals surface area contributed by atoms with E-state index >= 15 is 0 Å². The first kappa shape index (κ1) is 14.0. The monoisotopic (exact) mass is 294 g/mol.